The van der Waals surface area contributed by atoms with Crippen molar-refractivity contribution < 1.29 is 22.7 Å². The smallest absolute Gasteiger partial charge is 0.379 e. The Bertz CT molecular complexity index is 197. The summed E-state index contributed by atoms with van der Waals surface area (Å²) in [7, 11) is 0. The molecule has 0 radical (unpaired) electrons. The van der Waals surface area contributed by atoms with Gasteiger partial charge < -0.3 is 4.74 Å². The van der Waals surface area contributed by atoms with Crippen LogP contribution in [0.1, 0.15) is 78.1 Å². The van der Waals surface area contributed by atoms with Crippen molar-refractivity contribution in [3.63, 3.8) is 0 Å². The van der Waals surface area contributed by atoms with E-state index in [0.29, 0.717) is 6.61 Å². The Morgan fingerprint density at radius 2 is 1.20 bits per heavy atom. The molecule has 0 aliphatic rings. The number of halogens is 3. The standard InChI is InChI=1S/C14H28O2.CHF3/c1-3-4-5-6-7-8-9-10-11-12-13-16-14(2)15;2-1(3)4/h3-13H2,1-2H3;1H. The average Bonchev–Trinajstić information content (AvgIpc) is 2.35. The lowest BCUT2D eigenvalue weighted by molar-refractivity contribution is -0.141. The van der Waals surface area contributed by atoms with Crippen LogP contribution in [0.4, 0.5) is 13.2 Å². The number of hydrogen-bond donors (Lipinski definition) is 0. The molecular formula is C15H29F3O2. The van der Waals surface area contributed by atoms with Gasteiger partial charge in [0.25, 0.3) is 0 Å². The van der Waals surface area contributed by atoms with Gasteiger partial charge in [-0.3, -0.25) is 4.79 Å². The Morgan fingerprint density at radius 1 is 0.850 bits per heavy atom. The molecule has 0 unspecified atom stereocenters. The van der Waals surface area contributed by atoms with Crippen LogP contribution in [-0.2, 0) is 9.53 Å². The lowest BCUT2D eigenvalue weighted by Crippen LogP contribution is -2.00. The monoisotopic (exact) mass is 298 g/mol. The fraction of sp³-hybridized carbons (Fsp3) is 0.933. The Hall–Kier alpha value is -0.740. The summed E-state index contributed by atoms with van der Waals surface area (Å²) >= 11 is 0. The van der Waals surface area contributed by atoms with Crippen molar-refractivity contribution in [3.05, 3.63) is 0 Å². The van der Waals surface area contributed by atoms with E-state index in [1.807, 2.05) is 0 Å². The number of hydrogen-bond acceptors (Lipinski definition) is 2. The van der Waals surface area contributed by atoms with Crippen LogP contribution in [0.5, 0.6) is 0 Å². The molecule has 0 spiro atoms. The van der Waals surface area contributed by atoms with Gasteiger partial charge >= 0.3 is 12.6 Å². The van der Waals surface area contributed by atoms with Crippen LogP contribution in [0.2, 0.25) is 0 Å². The van der Waals surface area contributed by atoms with Gasteiger partial charge in [-0.15, -0.1) is 0 Å². The van der Waals surface area contributed by atoms with E-state index in [0.717, 1.165) is 6.42 Å². The van der Waals surface area contributed by atoms with E-state index in [1.54, 1.807) is 0 Å². The third-order valence-electron chi connectivity index (χ3n) is 2.80. The summed E-state index contributed by atoms with van der Waals surface area (Å²) < 4.78 is 33.9. The summed E-state index contributed by atoms with van der Waals surface area (Å²) in [6.45, 7) is 0.658. The van der Waals surface area contributed by atoms with E-state index in [-0.39, 0.29) is 5.97 Å². The van der Waals surface area contributed by atoms with E-state index in [9.17, 15) is 18.0 Å². The molecule has 0 heterocycles. The van der Waals surface area contributed by atoms with Gasteiger partial charge in [0.05, 0.1) is 6.61 Å². The second-order valence-corrected chi connectivity index (χ2v) is 4.77. The summed E-state index contributed by atoms with van der Waals surface area (Å²) in [5.41, 5.74) is 0. The van der Waals surface area contributed by atoms with Crippen LogP contribution in [0.15, 0.2) is 0 Å². The summed E-state index contributed by atoms with van der Waals surface area (Å²) in [6.07, 6.45) is 13.1. The average molecular weight is 298 g/mol. The second kappa shape index (κ2) is 18.3. The van der Waals surface area contributed by atoms with Gasteiger partial charge in [0.15, 0.2) is 0 Å². The highest BCUT2D eigenvalue weighted by molar-refractivity contribution is 5.65. The molecular weight excluding hydrogens is 269 g/mol. The molecule has 0 aromatic carbocycles. The Labute approximate surface area is 121 Å². The minimum Gasteiger partial charge on any atom is -0.466 e. The second-order valence-electron chi connectivity index (χ2n) is 4.77. The number of esters is 1. The summed E-state index contributed by atoms with van der Waals surface area (Å²) in [5.74, 6) is -0.157. The van der Waals surface area contributed by atoms with Gasteiger partial charge in [-0.05, 0) is 6.42 Å². The zero-order valence-electron chi connectivity index (χ0n) is 12.8. The molecule has 5 heteroatoms. The predicted molar refractivity (Wildman–Crippen MR) is 75.6 cm³/mol. The van der Waals surface area contributed by atoms with Crippen LogP contribution in [-0.4, -0.2) is 19.3 Å². The summed E-state index contributed by atoms with van der Waals surface area (Å²) in [4.78, 5) is 10.5. The third kappa shape index (κ3) is 30.4. The molecule has 0 amide bonds. The van der Waals surface area contributed by atoms with Crippen LogP contribution in [0.25, 0.3) is 0 Å². The van der Waals surface area contributed by atoms with Crippen molar-refractivity contribution in [2.24, 2.45) is 0 Å². The quantitative estimate of drug-likeness (QED) is 0.364. The van der Waals surface area contributed by atoms with Crippen molar-refractivity contribution in [1.29, 1.82) is 0 Å². The molecule has 0 aliphatic heterocycles. The van der Waals surface area contributed by atoms with E-state index in [4.69, 9.17) is 4.74 Å². The van der Waals surface area contributed by atoms with Crippen molar-refractivity contribution >= 4 is 5.97 Å². The molecule has 0 bridgehead atoms. The molecule has 2 nitrogen and oxygen atoms in total. The highest BCUT2D eigenvalue weighted by Gasteiger charge is 1.94. The first kappa shape index (κ1) is 21.6. The highest BCUT2D eigenvalue weighted by atomic mass is 19.4. The van der Waals surface area contributed by atoms with Gasteiger partial charge in [-0.1, -0.05) is 64.7 Å². The van der Waals surface area contributed by atoms with Crippen molar-refractivity contribution in [2.45, 2.75) is 84.7 Å². The van der Waals surface area contributed by atoms with Crippen LogP contribution >= 0.6 is 0 Å². The minimum absolute atomic E-state index is 0.157. The zero-order chi connectivity index (χ0) is 15.6. The molecule has 0 saturated carbocycles. The van der Waals surface area contributed by atoms with Crippen LogP contribution in [0, 0.1) is 0 Å². The first-order valence-electron chi connectivity index (χ1n) is 7.56. The fourth-order valence-electron chi connectivity index (χ4n) is 1.81. The van der Waals surface area contributed by atoms with Crippen molar-refractivity contribution in [3.8, 4) is 0 Å². The fourth-order valence-corrected chi connectivity index (χ4v) is 1.81. The third-order valence-corrected chi connectivity index (χ3v) is 2.80. The van der Waals surface area contributed by atoms with E-state index in [1.165, 1.54) is 64.7 Å². The molecule has 0 N–H and O–H groups in total. The number of ether oxygens (including phenoxy) is 1. The maximum atomic E-state index is 10.5. The van der Waals surface area contributed by atoms with Gasteiger partial charge in [0, 0.05) is 6.92 Å². The van der Waals surface area contributed by atoms with Crippen LogP contribution < -0.4 is 0 Å². The maximum Gasteiger partial charge on any atom is 0.379 e. The minimum atomic E-state index is -3.67. The lowest BCUT2D eigenvalue weighted by atomic mass is 10.1. The molecule has 122 valence electrons. The van der Waals surface area contributed by atoms with Gasteiger partial charge in [-0.2, -0.15) is 13.2 Å². The van der Waals surface area contributed by atoms with Gasteiger partial charge in [0.2, 0.25) is 0 Å². The van der Waals surface area contributed by atoms with E-state index >= 15 is 0 Å². The molecule has 20 heavy (non-hydrogen) atoms. The Morgan fingerprint density at radius 3 is 1.55 bits per heavy atom. The number of unbranched alkanes of at least 4 members (excludes halogenated alkanes) is 9. The Balaban J connectivity index is 0. The van der Waals surface area contributed by atoms with E-state index in [2.05, 4.69) is 6.92 Å². The molecule has 0 aromatic rings. The molecule has 0 aliphatic carbocycles. The molecule has 0 rings (SSSR count). The molecule has 0 fully saturated rings. The number of rotatable bonds is 11. The number of alkyl halides is 3. The lowest BCUT2D eigenvalue weighted by Gasteiger charge is -2.02. The number of carbonyl (C=O) groups excluding carboxylic acids is 1. The van der Waals surface area contributed by atoms with Crippen molar-refractivity contribution in [1.82, 2.24) is 0 Å². The van der Waals surface area contributed by atoms with Crippen molar-refractivity contribution in [2.75, 3.05) is 6.61 Å². The van der Waals surface area contributed by atoms with Gasteiger partial charge in [0.1, 0.15) is 0 Å². The molecule has 0 saturated heterocycles. The van der Waals surface area contributed by atoms with Crippen LogP contribution in [0.3, 0.4) is 0 Å². The predicted octanol–water partition coefficient (Wildman–Crippen LogP) is 5.65. The Kier molecular flexibility index (Phi) is 19.7. The number of carbonyl (C=O) groups is 1. The first-order valence-corrected chi connectivity index (χ1v) is 7.56. The summed E-state index contributed by atoms with van der Waals surface area (Å²) in [5, 5.41) is 0. The van der Waals surface area contributed by atoms with E-state index < -0.39 is 6.68 Å². The summed E-state index contributed by atoms with van der Waals surface area (Å²) in [6, 6.07) is 0. The zero-order valence-corrected chi connectivity index (χ0v) is 12.8. The topological polar surface area (TPSA) is 26.3 Å². The SMILES string of the molecule is CCCCCCCCCCCCOC(C)=O.FC(F)F. The molecule has 0 atom stereocenters. The largest absolute Gasteiger partial charge is 0.466 e. The molecule has 0 aromatic heterocycles. The maximum absolute atomic E-state index is 10.5. The highest BCUT2D eigenvalue weighted by Crippen LogP contribution is 2.10. The first-order chi connectivity index (χ1) is 9.50. The van der Waals surface area contributed by atoms with Gasteiger partial charge in [-0.25, -0.2) is 0 Å². The normalized spacial score (nSPS) is 10.1.